The maximum atomic E-state index is 12.3. The van der Waals surface area contributed by atoms with Crippen LogP contribution in [0.15, 0.2) is 57.9 Å². The topological polar surface area (TPSA) is 75.3 Å². The second kappa shape index (κ2) is 7.92. The molecular formula is C17H19BrN2O3S. The van der Waals surface area contributed by atoms with Crippen molar-refractivity contribution in [1.82, 2.24) is 4.72 Å². The molecule has 0 aliphatic carbocycles. The van der Waals surface area contributed by atoms with Crippen LogP contribution in [-0.4, -0.2) is 20.4 Å². The summed E-state index contributed by atoms with van der Waals surface area (Å²) in [7, 11) is -3.76. The van der Waals surface area contributed by atoms with E-state index in [2.05, 4.69) is 26.0 Å². The number of anilines is 1. The lowest BCUT2D eigenvalue weighted by Gasteiger charge is -2.14. The number of carbonyl (C=O) groups excluding carboxylic acids is 1. The Morgan fingerprint density at radius 1 is 1.08 bits per heavy atom. The van der Waals surface area contributed by atoms with Crippen LogP contribution in [0.4, 0.5) is 5.69 Å². The summed E-state index contributed by atoms with van der Waals surface area (Å²) in [5.74, 6) is -0.417. The Morgan fingerprint density at radius 2 is 1.67 bits per heavy atom. The summed E-state index contributed by atoms with van der Waals surface area (Å²) < 4.78 is 27.7. The number of sulfonamides is 1. The van der Waals surface area contributed by atoms with Crippen molar-refractivity contribution in [2.45, 2.75) is 31.2 Å². The highest BCUT2D eigenvalue weighted by atomic mass is 79.9. The first-order valence-electron chi connectivity index (χ1n) is 7.49. The summed E-state index contributed by atoms with van der Waals surface area (Å²) >= 11 is 3.25. The van der Waals surface area contributed by atoms with E-state index < -0.39 is 22.0 Å². The number of halogens is 1. The Hall–Kier alpha value is -1.70. The molecule has 0 bridgehead atoms. The lowest BCUT2D eigenvalue weighted by atomic mass is 10.1. The molecule has 2 rings (SSSR count). The molecule has 0 spiro atoms. The predicted octanol–water partition coefficient (Wildman–Crippen LogP) is 3.32. The van der Waals surface area contributed by atoms with E-state index >= 15 is 0 Å². The van der Waals surface area contributed by atoms with Crippen LogP contribution in [-0.2, 0) is 21.2 Å². The molecule has 2 aromatic rings. The second-order valence-corrected chi connectivity index (χ2v) is 7.97. The zero-order valence-corrected chi connectivity index (χ0v) is 15.8. The van der Waals surface area contributed by atoms with E-state index in [4.69, 9.17) is 0 Å². The van der Waals surface area contributed by atoms with Gasteiger partial charge in [-0.25, -0.2) is 8.42 Å². The van der Waals surface area contributed by atoms with Crippen LogP contribution >= 0.6 is 15.9 Å². The first-order valence-corrected chi connectivity index (χ1v) is 9.77. The summed E-state index contributed by atoms with van der Waals surface area (Å²) in [6.45, 7) is 3.55. The average Bonchev–Trinajstić information content (AvgIpc) is 2.55. The van der Waals surface area contributed by atoms with Crippen LogP contribution < -0.4 is 10.0 Å². The fraction of sp³-hybridized carbons (Fsp3) is 0.235. The minimum absolute atomic E-state index is 0.109. The molecule has 0 saturated heterocycles. The van der Waals surface area contributed by atoms with E-state index in [1.54, 1.807) is 24.3 Å². The van der Waals surface area contributed by atoms with Gasteiger partial charge in [0.05, 0.1) is 10.9 Å². The highest BCUT2D eigenvalue weighted by molar-refractivity contribution is 9.10. The lowest BCUT2D eigenvalue weighted by Crippen LogP contribution is -2.41. The van der Waals surface area contributed by atoms with E-state index in [0.29, 0.717) is 5.69 Å². The number of benzene rings is 2. The van der Waals surface area contributed by atoms with Crippen molar-refractivity contribution in [2.24, 2.45) is 0 Å². The van der Waals surface area contributed by atoms with E-state index in [9.17, 15) is 13.2 Å². The first-order chi connectivity index (χ1) is 11.3. The van der Waals surface area contributed by atoms with Crippen molar-refractivity contribution < 1.29 is 13.2 Å². The van der Waals surface area contributed by atoms with Crippen molar-refractivity contribution in [1.29, 1.82) is 0 Å². The zero-order chi connectivity index (χ0) is 17.7. The smallest absolute Gasteiger partial charge is 0.242 e. The highest BCUT2D eigenvalue weighted by Gasteiger charge is 2.22. The zero-order valence-electron chi connectivity index (χ0n) is 13.4. The Labute approximate surface area is 150 Å². The van der Waals surface area contributed by atoms with Crippen LogP contribution in [0, 0.1) is 0 Å². The van der Waals surface area contributed by atoms with Gasteiger partial charge in [0.2, 0.25) is 15.9 Å². The van der Waals surface area contributed by atoms with Gasteiger partial charge in [-0.3, -0.25) is 4.79 Å². The summed E-state index contributed by atoms with van der Waals surface area (Å²) in [4.78, 5) is 12.3. The Morgan fingerprint density at radius 3 is 2.21 bits per heavy atom. The van der Waals surface area contributed by atoms with Gasteiger partial charge in [0, 0.05) is 10.2 Å². The van der Waals surface area contributed by atoms with Crippen molar-refractivity contribution in [3.8, 4) is 0 Å². The highest BCUT2D eigenvalue weighted by Crippen LogP contribution is 2.15. The Balaban J connectivity index is 2.03. The van der Waals surface area contributed by atoms with E-state index in [1.807, 2.05) is 19.1 Å². The lowest BCUT2D eigenvalue weighted by molar-refractivity contribution is -0.117. The van der Waals surface area contributed by atoms with Crippen molar-refractivity contribution in [2.75, 3.05) is 5.32 Å². The summed E-state index contributed by atoms with van der Waals surface area (Å²) in [6.07, 6.45) is 0.914. The minimum Gasteiger partial charge on any atom is -0.325 e. The van der Waals surface area contributed by atoms with Gasteiger partial charge in [-0.1, -0.05) is 35.0 Å². The standard InChI is InChI=1S/C17H19BrN2O3S/c1-3-13-4-8-15(9-5-13)19-17(21)12(2)20-24(22,23)16-10-6-14(18)7-11-16/h4-12,20H,3H2,1-2H3,(H,19,21)/t12-/m1/s1. The van der Waals surface area contributed by atoms with Gasteiger partial charge in [-0.15, -0.1) is 0 Å². The molecule has 2 aromatic carbocycles. The van der Waals surface area contributed by atoms with Crippen LogP contribution in [0.5, 0.6) is 0 Å². The van der Waals surface area contributed by atoms with E-state index in [1.165, 1.54) is 19.1 Å². The third-order valence-electron chi connectivity index (χ3n) is 3.48. The number of aryl methyl sites for hydroxylation is 1. The van der Waals surface area contributed by atoms with Crippen molar-refractivity contribution >= 4 is 37.5 Å². The van der Waals surface area contributed by atoms with Gasteiger partial charge in [-0.2, -0.15) is 4.72 Å². The number of hydrogen-bond acceptors (Lipinski definition) is 3. The fourth-order valence-electron chi connectivity index (χ4n) is 2.04. The van der Waals surface area contributed by atoms with Crippen molar-refractivity contribution in [3.05, 3.63) is 58.6 Å². The Kier molecular flexibility index (Phi) is 6.15. The van der Waals surface area contributed by atoms with Gasteiger partial charge in [-0.05, 0) is 55.3 Å². The molecule has 0 heterocycles. The normalized spacial score (nSPS) is 12.6. The molecule has 2 N–H and O–H groups in total. The molecule has 0 radical (unpaired) electrons. The molecular weight excluding hydrogens is 392 g/mol. The third kappa shape index (κ3) is 4.90. The minimum atomic E-state index is -3.76. The predicted molar refractivity (Wildman–Crippen MR) is 98.4 cm³/mol. The number of hydrogen-bond donors (Lipinski definition) is 2. The molecule has 0 saturated carbocycles. The van der Waals surface area contributed by atoms with Gasteiger partial charge >= 0.3 is 0 Å². The number of carbonyl (C=O) groups is 1. The van der Waals surface area contributed by atoms with Crippen LogP contribution in [0.25, 0.3) is 0 Å². The average molecular weight is 411 g/mol. The van der Waals surface area contributed by atoms with Crippen molar-refractivity contribution in [3.63, 3.8) is 0 Å². The molecule has 5 nitrogen and oxygen atoms in total. The summed E-state index contributed by atoms with van der Waals surface area (Å²) in [5.41, 5.74) is 1.80. The van der Waals surface area contributed by atoms with E-state index in [-0.39, 0.29) is 4.90 Å². The first kappa shape index (κ1) is 18.6. The molecule has 24 heavy (non-hydrogen) atoms. The SMILES string of the molecule is CCc1ccc(NC(=O)[C@@H](C)NS(=O)(=O)c2ccc(Br)cc2)cc1. The molecule has 0 unspecified atom stereocenters. The van der Waals surface area contributed by atoms with Gasteiger partial charge in [0.25, 0.3) is 0 Å². The van der Waals surface area contributed by atoms with E-state index in [0.717, 1.165) is 16.5 Å². The van der Waals surface area contributed by atoms with Crippen LogP contribution in [0.2, 0.25) is 0 Å². The summed E-state index contributed by atoms with van der Waals surface area (Å²) in [5, 5.41) is 2.70. The quantitative estimate of drug-likeness (QED) is 0.766. The monoisotopic (exact) mass is 410 g/mol. The second-order valence-electron chi connectivity index (χ2n) is 5.34. The van der Waals surface area contributed by atoms with Gasteiger partial charge in [0.1, 0.15) is 0 Å². The molecule has 1 amide bonds. The van der Waals surface area contributed by atoms with Crippen LogP contribution in [0.1, 0.15) is 19.4 Å². The largest absolute Gasteiger partial charge is 0.325 e. The number of amides is 1. The van der Waals surface area contributed by atoms with Gasteiger partial charge in [0.15, 0.2) is 0 Å². The fourth-order valence-corrected chi connectivity index (χ4v) is 3.51. The number of rotatable bonds is 6. The molecule has 128 valence electrons. The maximum Gasteiger partial charge on any atom is 0.242 e. The Bertz CT molecular complexity index is 803. The van der Waals surface area contributed by atoms with Crippen LogP contribution in [0.3, 0.4) is 0 Å². The molecule has 0 aromatic heterocycles. The molecule has 0 fully saturated rings. The molecule has 1 atom stereocenters. The third-order valence-corrected chi connectivity index (χ3v) is 5.56. The number of nitrogens with one attached hydrogen (secondary N) is 2. The maximum absolute atomic E-state index is 12.3. The molecule has 0 aliphatic rings. The van der Waals surface area contributed by atoms with Gasteiger partial charge < -0.3 is 5.32 Å². The molecule has 7 heteroatoms. The molecule has 0 aliphatic heterocycles. The summed E-state index contributed by atoms with van der Waals surface area (Å²) in [6, 6.07) is 12.8.